The highest BCUT2D eigenvalue weighted by Gasteiger charge is 2.19. The molecule has 0 saturated carbocycles. The first kappa shape index (κ1) is 16.9. The number of hydrogen-bond donors (Lipinski definition) is 2. The fourth-order valence-electron chi connectivity index (χ4n) is 2.48. The molecule has 0 spiro atoms. The van der Waals surface area contributed by atoms with Crippen LogP contribution in [0.2, 0.25) is 0 Å². The van der Waals surface area contributed by atoms with Gasteiger partial charge in [0, 0.05) is 12.1 Å². The molecule has 2 N–H and O–H groups in total. The zero-order chi connectivity index (χ0) is 14.3. The summed E-state index contributed by atoms with van der Waals surface area (Å²) in [6.45, 7) is 7.31. The van der Waals surface area contributed by atoms with Crippen molar-refractivity contribution >= 4 is 10.0 Å². The van der Waals surface area contributed by atoms with Crippen molar-refractivity contribution in [2.24, 2.45) is 5.92 Å². The topological polar surface area (TPSA) is 58.2 Å². The van der Waals surface area contributed by atoms with E-state index in [0.29, 0.717) is 12.0 Å². The Labute approximate surface area is 118 Å². The highest BCUT2D eigenvalue weighted by atomic mass is 32.2. The van der Waals surface area contributed by atoms with Crippen LogP contribution in [0.25, 0.3) is 0 Å². The summed E-state index contributed by atoms with van der Waals surface area (Å²) in [5.41, 5.74) is 0. The van der Waals surface area contributed by atoms with Gasteiger partial charge in [0.15, 0.2) is 0 Å². The molecule has 2 atom stereocenters. The van der Waals surface area contributed by atoms with Crippen molar-refractivity contribution in [2.75, 3.05) is 12.3 Å². The average Bonchev–Trinajstić information content (AvgIpc) is 2.35. The second-order valence-electron chi connectivity index (χ2n) is 6.24. The molecule has 4 nitrogen and oxygen atoms in total. The summed E-state index contributed by atoms with van der Waals surface area (Å²) >= 11 is 0. The second-order valence-corrected chi connectivity index (χ2v) is 8.12. The number of sulfonamides is 1. The zero-order valence-electron chi connectivity index (χ0n) is 12.6. The van der Waals surface area contributed by atoms with Crippen molar-refractivity contribution < 1.29 is 8.42 Å². The lowest BCUT2D eigenvalue weighted by Crippen LogP contribution is -2.39. The van der Waals surface area contributed by atoms with Gasteiger partial charge in [-0.15, -0.1) is 0 Å². The third-order valence-electron chi connectivity index (χ3n) is 3.71. The van der Waals surface area contributed by atoms with Crippen LogP contribution in [0.5, 0.6) is 0 Å². The normalized spacial score (nSPS) is 22.6. The Bertz CT molecular complexity index is 335. The van der Waals surface area contributed by atoms with Crippen molar-refractivity contribution in [3.8, 4) is 0 Å². The summed E-state index contributed by atoms with van der Waals surface area (Å²) in [5, 5.41) is 3.39. The van der Waals surface area contributed by atoms with Gasteiger partial charge in [-0.25, -0.2) is 13.1 Å². The molecule has 0 aliphatic carbocycles. The van der Waals surface area contributed by atoms with Gasteiger partial charge in [-0.1, -0.05) is 20.3 Å². The standard InChI is InChI=1S/C14H30N2O2S/c1-12(2)7-8-13(3)16-19(17,18)11-9-14-6-4-5-10-15-14/h12-16H,4-11H2,1-3H3. The molecule has 114 valence electrons. The summed E-state index contributed by atoms with van der Waals surface area (Å²) in [7, 11) is -3.12. The van der Waals surface area contributed by atoms with Crippen LogP contribution in [0, 0.1) is 5.92 Å². The van der Waals surface area contributed by atoms with Crippen molar-refractivity contribution in [3.63, 3.8) is 0 Å². The lowest BCUT2D eigenvalue weighted by Gasteiger charge is -2.23. The molecule has 2 unspecified atom stereocenters. The molecule has 19 heavy (non-hydrogen) atoms. The number of rotatable bonds is 8. The van der Waals surface area contributed by atoms with E-state index in [4.69, 9.17) is 0 Å². The minimum Gasteiger partial charge on any atom is -0.314 e. The molecule has 0 aromatic rings. The summed E-state index contributed by atoms with van der Waals surface area (Å²) in [6.07, 6.45) is 6.25. The molecular formula is C14H30N2O2S. The largest absolute Gasteiger partial charge is 0.314 e. The van der Waals surface area contributed by atoms with Crippen LogP contribution in [0.4, 0.5) is 0 Å². The Balaban J connectivity index is 2.26. The van der Waals surface area contributed by atoms with Gasteiger partial charge in [0.2, 0.25) is 10.0 Å². The molecule has 0 aromatic heterocycles. The predicted octanol–water partition coefficient (Wildman–Crippen LogP) is 2.26. The highest BCUT2D eigenvalue weighted by molar-refractivity contribution is 7.89. The molecule has 1 heterocycles. The summed E-state index contributed by atoms with van der Waals surface area (Å²) in [5.74, 6) is 0.870. The minimum atomic E-state index is -3.12. The third kappa shape index (κ3) is 7.90. The average molecular weight is 290 g/mol. The Hall–Kier alpha value is -0.130. The Morgan fingerprint density at radius 3 is 2.53 bits per heavy atom. The van der Waals surface area contributed by atoms with E-state index in [1.807, 2.05) is 6.92 Å². The monoisotopic (exact) mass is 290 g/mol. The van der Waals surface area contributed by atoms with E-state index >= 15 is 0 Å². The van der Waals surface area contributed by atoms with E-state index in [1.54, 1.807) is 0 Å². The minimum absolute atomic E-state index is 0.0479. The quantitative estimate of drug-likeness (QED) is 0.721. The number of hydrogen-bond acceptors (Lipinski definition) is 3. The fraction of sp³-hybridized carbons (Fsp3) is 1.00. The maximum absolute atomic E-state index is 12.0. The Kier molecular flexibility index (Phi) is 7.32. The van der Waals surface area contributed by atoms with Gasteiger partial charge in [0.05, 0.1) is 5.75 Å². The third-order valence-corrected chi connectivity index (χ3v) is 5.24. The van der Waals surface area contributed by atoms with Crippen molar-refractivity contribution in [2.45, 2.75) is 71.4 Å². The zero-order valence-corrected chi connectivity index (χ0v) is 13.4. The highest BCUT2D eigenvalue weighted by Crippen LogP contribution is 2.12. The molecule has 1 aliphatic heterocycles. The summed E-state index contributed by atoms with van der Waals surface area (Å²) in [4.78, 5) is 0. The molecule has 1 fully saturated rings. The van der Waals surface area contributed by atoms with Gasteiger partial charge >= 0.3 is 0 Å². The molecular weight excluding hydrogens is 260 g/mol. The van der Waals surface area contributed by atoms with E-state index in [2.05, 4.69) is 23.9 Å². The summed E-state index contributed by atoms with van der Waals surface area (Å²) in [6, 6.07) is 0.433. The van der Waals surface area contributed by atoms with Gasteiger partial charge in [-0.2, -0.15) is 0 Å². The fourth-order valence-corrected chi connectivity index (χ4v) is 3.92. The number of piperidine rings is 1. The van der Waals surface area contributed by atoms with E-state index in [0.717, 1.165) is 32.2 Å². The SMILES string of the molecule is CC(C)CCC(C)NS(=O)(=O)CCC1CCCCN1. The molecule has 5 heteroatoms. The lowest BCUT2D eigenvalue weighted by atomic mass is 10.0. The Morgan fingerprint density at radius 1 is 1.21 bits per heavy atom. The van der Waals surface area contributed by atoms with Crippen molar-refractivity contribution in [1.82, 2.24) is 10.0 Å². The van der Waals surface area contributed by atoms with Crippen molar-refractivity contribution in [3.05, 3.63) is 0 Å². The van der Waals surface area contributed by atoms with Gasteiger partial charge in [0.25, 0.3) is 0 Å². The molecule has 1 saturated heterocycles. The van der Waals surface area contributed by atoms with Gasteiger partial charge in [-0.05, 0) is 51.5 Å². The second kappa shape index (κ2) is 8.22. The lowest BCUT2D eigenvalue weighted by molar-refractivity contribution is 0.391. The smallest absolute Gasteiger partial charge is 0.211 e. The maximum atomic E-state index is 12.0. The van der Waals surface area contributed by atoms with Crippen LogP contribution in [-0.4, -0.2) is 32.8 Å². The predicted molar refractivity (Wildman–Crippen MR) is 80.7 cm³/mol. The Morgan fingerprint density at radius 2 is 1.95 bits per heavy atom. The first-order chi connectivity index (χ1) is 8.89. The van der Waals surface area contributed by atoms with E-state index in [1.165, 1.54) is 12.8 Å². The van der Waals surface area contributed by atoms with Crippen LogP contribution in [0.1, 0.15) is 59.3 Å². The van der Waals surface area contributed by atoms with Crippen LogP contribution >= 0.6 is 0 Å². The molecule has 0 radical (unpaired) electrons. The van der Waals surface area contributed by atoms with Crippen molar-refractivity contribution in [1.29, 1.82) is 0 Å². The molecule has 1 rings (SSSR count). The van der Waals surface area contributed by atoms with Crippen LogP contribution in [0.15, 0.2) is 0 Å². The molecule has 0 aromatic carbocycles. The van der Waals surface area contributed by atoms with Gasteiger partial charge in [0.1, 0.15) is 0 Å². The van der Waals surface area contributed by atoms with Gasteiger partial charge < -0.3 is 5.32 Å². The first-order valence-corrected chi connectivity index (χ1v) is 9.27. The van der Waals surface area contributed by atoms with Crippen LogP contribution in [0.3, 0.4) is 0 Å². The number of nitrogens with one attached hydrogen (secondary N) is 2. The first-order valence-electron chi connectivity index (χ1n) is 7.62. The van der Waals surface area contributed by atoms with E-state index < -0.39 is 10.0 Å². The molecule has 1 aliphatic rings. The summed E-state index contributed by atoms with van der Waals surface area (Å²) < 4.78 is 26.8. The van der Waals surface area contributed by atoms with E-state index in [-0.39, 0.29) is 11.8 Å². The molecule has 0 amide bonds. The van der Waals surface area contributed by atoms with E-state index in [9.17, 15) is 8.42 Å². The van der Waals surface area contributed by atoms with Crippen LogP contribution < -0.4 is 10.0 Å². The van der Waals surface area contributed by atoms with Crippen LogP contribution in [-0.2, 0) is 10.0 Å². The maximum Gasteiger partial charge on any atom is 0.211 e. The van der Waals surface area contributed by atoms with Gasteiger partial charge in [-0.3, -0.25) is 0 Å². The molecule has 0 bridgehead atoms.